The van der Waals surface area contributed by atoms with Gasteiger partial charge in [0.25, 0.3) is 0 Å². The van der Waals surface area contributed by atoms with Gasteiger partial charge >= 0.3 is 5.97 Å². The minimum Gasteiger partial charge on any atom is -0.494 e. The van der Waals surface area contributed by atoms with Crippen LogP contribution in [0.3, 0.4) is 0 Å². The Balaban J connectivity index is 2.18. The molecule has 0 aliphatic carbocycles. The molecule has 0 unspecified atom stereocenters. The molecular weight excluding hydrogens is 284 g/mol. The lowest BCUT2D eigenvalue weighted by Gasteiger charge is -2.06. The molecule has 0 spiro atoms. The van der Waals surface area contributed by atoms with E-state index in [9.17, 15) is 14.4 Å². The quantitative estimate of drug-likeness (QED) is 0.408. The third kappa shape index (κ3) is 5.91. The monoisotopic (exact) mass is 304 g/mol. The average Bonchev–Trinajstić information content (AvgIpc) is 2.49. The van der Waals surface area contributed by atoms with Gasteiger partial charge in [-0.2, -0.15) is 0 Å². The van der Waals surface area contributed by atoms with Crippen LogP contribution in [0.4, 0.5) is 0 Å². The van der Waals surface area contributed by atoms with Crippen LogP contribution in [0.25, 0.3) is 0 Å². The molecule has 0 aliphatic heterocycles. The van der Waals surface area contributed by atoms with Crippen molar-refractivity contribution in [3.8, 4) is 5.75 Å². The Morgan fingerprint density at radius 1 is 1.09 bits per heavy atom. The molecule has 0 heterocycles. The van der Waals surface area contributed by atoms with Crippen molar-refractivity contribution in [3.63, 3.8) is 0 Å². The Morgan fingerprint density at radius 2 is 1.73 bits per heavy atom. The van der Waals surface area contributed by atoms with Gasteiger partial charge in [0, 0.05) is 6.42 Å². The van der Waals surface area contributed by atoms with E-state index in [0.29, 0.717) is 18.8 Å². The minimum absolute atomic E-state index is 0.216. The maximum absolute atomic E-state index is 11.4. The second-order valence-corrected chi connectivity index (χ2v) is 5.02. The number of benzene rings is 1. The highest BCUT2D eigenvalue weighted by Crippen LogP contribution is 2.13. The fourth-order valence-electron chi connectivity index (χ4n) is 1.80. The Bertz CT molecular complexity index is 557. The van der Waals surface area contributed by atoms with Gasteiger partial charge in [-0.05, 0) is 56.0 Å². The van der Waals surface area contributed by atoms with Crippen LogP contribution in [0.2, 0.25) is 0 Å². The van der Waals surface area contributed by atoms with Crippen molar-refractivity contribution >= 4 is 17.5 Å². The van der Waals surface area contributed by atoms with Crippen molar-refractivity contribution in [2.24, 2.45) is 0 Å². The van der Waals surface area contributed by atoms with Gasteiger partial charge in [-0.1, -0.05) is 6.58 Å². The van der Waals surface area contributed by atoms with Crippen LogP contribution in [-0.4, -0.2) is 29.2 Å². The first kappa shape index (κ1) is 17.6. The van der Waals surface area contributed by atoms with E-state index < -0.39 is 17.5 Å². The van der Waals surface area contributed by atoms with Gasteiger partial charge in [-0.3, -0.25) is 9.59 Å². The second-order valence-electron chi connectivity index (χ2n) is 5.02. The summed E-state index contributed by atoms with van der Waals surface area (Å²) in [5, 5.41) is 8.77. The van der Waals surface area contributed by atoms with Crippen LogP contribution in [0, 0.1) is 0 Å². The number of ether oxygens (including phenoxy) is 1. The van der Waals surface area contributed by atoms with Gasteiger partial charge in [-0.15, -0.1) is 0 Å². The summed E-state index contributed by atoms with van der Waals surface area (Å²) in [5.41, 5.74) is 0.492. The summed E-state index contributed by atoms with van der Waals surface area (Å²) in [6.45, 7) is 5.47. The van der Waals surface area contributed by atoms with Crippen molar-refractivity contribution in [3.05, 3.63) is 42.0 Å². The normalized spacial score (nSPS) is 10.0. The zero-order valence-electron chi connectivity index (χ0n) is 12.6. The third-order valence-electron chi connectivity index (χ3n) is 3.06. The molecule has 0 saturated carbocycles. The highest BCUT2D eigenvalue weighted by atomic mass is 16.5. The molecule has 5 heteroatoms. The number of hydrogen-bond acceptors (Lipinski definition) is 4. The Hall–Kier alpha value is -2.43. The van der Waals surface area contributed by atoms with Crippen molar-refractivity contribution in [2.75, 3.05) is 6.61 Å². The van der Waals surface area contributed by atoms with E-state index >= 15 is 0 Å². The molecule has 0 fully saturated rings. The fraction of sp³-hybridized carbons (Fsp3) is 0.353. The van der Waals surface area contributed by atoms with Gasteiger partial charge in [0.15, 0.2) is 0 Å². The number of hydrogen-bond donors (Lipinski definition) is 1. The third-order valence-corrected chi connectivity index (χ3v) is 3.06. The van der Waals surface area contributed by atoms with Crippen molar-refractivity contribution in [1.82, 2.24) is 0 Å². The number of aromatic carboxylic acids is 1. The number of unbranched alkanes of at least 4 members (excludes halogenated alkanes) is 2. The summed E-state index contributed by atoms with van der Waals surface area (Å²) >= 11 is 0. The Labute approximate surface area is 129 Å². The largest absolute Gasteiger partial charge is 0.494 e. The zero-order valence-corrected chi connectivity index (χ0v) is 12.6. The first-order chi connectivity index (χ1) is 10.4. The molecule has 0 atom stereocenters. The van der Waals surface area contributed by atoms with Crippen LogP contribution in [0.5, 0.6) is 5.75 Å². The standard InChI is InChI=1S/C17H20O5/c1-12(2)16(19)15(18)6-4-3-5-11-22-14-9-7-13(8-10-14)17(20)21/h7-10H,1,3-6,11H2,2H3,(H,20,21). The molecule has 0 aliphatic rings. The molecule has 1 rings (SSSR count). The minimum atomic E-state index is -0.972. The van der Waals surface area contributed by atoms with E-state index in [1.54, 1.807) is 12.1 Å². The van der Waals surface area contributed by atoms with Crippen molar-refractivity contribution in [2.45, 2.75) is 32.6 Å². The SMILES string of the molecule is C=C(C)C(=O)C(=O)CCCCCOc1ccc(C(=O)O)cc1. The zero-order chi connectivity index (χ0) is 16.5. The van der Waals surface area contributed by atoms with Crippen molar-refractivity contribution in [1.29, 1.82) is 0 Å². The number of ketones is 2. The van der Waals surface area contributed by atoms with Crippen molar-refractivity contribution < 1.29 is 24.2 Å². The molecule has 1 aromatic rings. The first-order valence-electron chi connectivity index (χ1n) is 7.11. The van der Waals surface area contributed by atoms with Gasteiger partial charge in [0.2, 0.25) is 11.6 Å². The lowest BCUT2D eigenvalue weighted by atomic mass is 10.1. The van der Waals surface area contributed by atoms with E-state index in [-0.39, 0.29) is 17.6 Å². The van der Waals surface area contributed by atoms with Crippen LogP contribution in [-0.2, 0) is 9.59 Å². The number of rotatable bonds is 10. The molecule has 1 N–H and O–H groups in total. The van der Waals surface area contributed by atoms with Gasteiger partial charge in [0.1, 0.15) is 5.75 Å². The van der Waals surface area contributed by atoms with E-state index in [1.807, 2.05) is 0 Å². The molecule has 0 saturated heterocycles. The van der Waals surface area contributed by atoms with E-state index in [2.05, 4.69) is 6.58 Å². The molecular formula is C17H20O5. The molecule has 22 heavy (non-hydrogen) atoms. The molecule has 118 valence electrons. The molecule has 1 aromatic carbocycles. The highest BCUT2D eigenvalue weighted by Gasteiger charge is 2.13. The fourth-order valence-corrected chi connectivity index (χ4v) is 1.80. The topological polar surface area (TPSA) is 80.7 Å². The summed E-state index contributed by atoms with van der Waals surface area (Å²) in [6, 6.07) is 6.19. The van der Waals surface area contributed by atoms with Crippen LogP contribution in [0.1, 0.15) is 43.0 Å². The summed E-state index contributed by atoms with van der Waals surface area (Å²) in [7, 11) is 0. The maximum atomic E-state index is 11.4. The number of Topliss-reactive ketones (excluding diaryl/α,β-unsaturated/α-hetero) is 2. The number of allylic oxidation sites excluding steroid dienone is 1. The lowest BCUT2D eigenvalue weighted by molar-refractivity contribution is -0.134. The van der Waals surface area contributed by atoms with Gasteiger partial charge in [-0.25, -0.2) is 4.79 Å². The lowest BCUT2D eigenvalue weighted by Crippen LogP contribution is -2.13. The number of carbonyl (C=O) groups is 3. The Kier molecular flexibility index (Phi) is 7.02. The number of carboxylic acids is 1. The summed E-state index contributed by atoms with van der Waals surface area (Å²) < 4.78 is 5.47. The molecule has 0 bridgehead atoms. The maximum Gasteiger partial charge on any atom is 0.335 e. The van der Waals surface area contributed by atoms with E-state index in [1.165, 1.54) is 19.1 Å². The first-order valence-corrected chi connectivity index (χ1v) is 7.11. The summed E-state index contributed by atoms with van der Waals surface area (Å²) in [6.07, 6.45) is 2.41. The number of carbonyl (C=O) groups excluding carboxylic acids is 2. The van der Waals surface area contributed by atoms with Crippen LogP contribution < -0.4 is 4.74 Å². The van der Waals surface area contributed by atoms with Crippen LogP contribution in [0.15, 0.2) is 36.4 Å². The van der Waals surface area contributed by atoms with Gasteiger partial charge < -0.3 is 9.84 Å². The summed E-state index contributed by atoms with van der Waals surface area (Å²) in [4.78, 5) is 33.4. The molecule has 0 radical (unpaired) electrons. The molecule has 0 aromatic heterocycles. The predicted molar refractivity (Wildman–Crippen MR) is 82.2 cm³/mol. The van der Waals surface area contributed by atoms with E-state index in [0.717, 1.165) is 12.8 Å². The number of carboxylic acid groups (broad SMARTS) is 1. The van der Waals surface area contributed by atoms with Gasteiger partial charge in [0.05, 0.1) is 12.2 Å². The second kappa shape index (κ2) is 8.77. The average molecular weight is 304 g/mol. The molecule has 0 amide bonds. The smallest absolute Gasteiger partial charge is 0.335 e. The summed E-state index contributed by atoms with van der Waals surface area (Å²) in [5.74, 6) is -1.24. The Morgan fingerprint density at radius 3 is 2.27 bits per heavy atom. The molecule has 5 nitrogen and oxygen atoms in total. The van der Waals surface area contributed by atoms with E-state index in [4.69, 9.17) is 9.84 Å². The highest BCUT2D eigenvalue weighted by molar-refractivity contribution is 6.43. The predicted octanol–water partition coefficient (Wildman–Crippen LogP) is 3.04. The van der Waals surface area contributed by atoms with Crippen LogP contribution >= 0.6 is 0 Å².